The van der Waals surface area contributed by atoms with Crippen LogP contribution in [0.25, 0.3) is 0 Å². The van der Waals surface area contributed by atoms with Crippen LogP contribution in [-0.4, -0.2) is 58.0 Å². The van der Waals surface area contributed by atoms with Crippen molar-refractivity contribution in [3.63, 3.8) is 0 Å². The highest BCUT2D eigenvalue weighted by Crippen LogP contribution is 2.64. The molecule has 11 fully saturated rings. The van der Waals surface area contributed by atoms with Crippen molar-refractivity contribution >= 4 is 23.9 Å². The molecule has 10 saturated carbocycles. The molecule has 10 unspecified atom stereocenters. The van der Waals surface area contributed by atoms with Gasteiger partial charge in [-0.2, -0.15) is 0 Å². The molecular weight excluding hydrogens is 696 g/mol. The fourth-order valence-electron chi connectivity index (χ4n) is 13.7. The maximum atomic E-state index is 12.3. The average molecular weight is 769 g/mol. The van der Waals surface area contributed by atoms with Gasteiger partial charge in [0.15, 0.2) is 0 Å². The van der Waals surface area contributed by atoms with Crippen molar-refractivity contribution in [1.29, 1.82) is 0 Å². The number of esters is 4. The fourth-order valence-corrected chi connectivity index (χ4v) is 13.7. The number of hydrogen-bond acceptors (Lipinski definition) is 9. The Morgan fingerprint density at radius 2 is 1.24 bits per heavy atom. The average Bonchev–Trinajstić information content (AvgIpc) is 3.74. The largest absolute Gasteiger partial charge is 0.459 e. The van der Waals surface area contributed by atoms with Crippen molar-refractivity contribution in [2.45, 2.75) is 194 Å². The molecule has 0 spiro atoms. The van der Waals surface area contributed by atoms with Gasteiger partial charge in [-0.05, 0) is 146 Å². The van der Waals surface area contributed by atoms with Crippen LogP contribution < -0.4 is 0 Å². The van der Waals surface area contributed by atoms with Crippen LogP contribution in [-0.2, 0) is 38.1 Å². The molecule has 0 aromatic heterocycles. The Labute approximate surface area is 330 Å². The number of fused-ring (bicyclic) bond motifs is 1. The van der Waals surface area contributed by atoms with Crippen LogP contribution in [0.1, 0.15) is 165 Å². The van der Waals surface area contributed by atoms with Crippen molar-refractivity contribution in [1.82, 2.24) is 0 Å². The van der Waals surface area contributed by atoms with E-state index in [0.717, 1.165) is 75.5 Å². The molecule has 0 aromatic rings. The van der Waals surface area contributed by atoms with Crippen LogP contribution in [0.15, 0.2) is 0 Å². The quantitative estimate of drug-likeness (QED) is 0.172. The molecule has 9 nitrogen and oxygen atoms in total. The topological polar surface area (TPSA) is 125 Å². The van der Waals surface area contributed by atoms with Crippen LogP contribution in [0.5, 0.6) is 0 Å². The minimum atomic E-state index is -0.542. The highest BCUT2D eigenvalue weighted by Gasteiger charge is 2.64. The first-order valence-corrected chi connectivity index (χ1v) is 22.5. The molecule has 310 valence electrons. The van der Waals surface area contributed by atoms with E-state index >= 15 is 0 Å². The van der Waals surface area contributed by atoms with Gasteiger partial charge in [-0.1, -0.05) is 41.5 Å². The van der Waals surface area contributed by atoms with Gasteiger partial charge >= 0.3 is 23.9 Å². The Bertz CT molecular complexity index is 1420. The van der Waals surface area contributed by atoms with E-state index in [1.165, 1.54) is 44.9 Å². The van der Waals surface area contributed by atoms with E-state index in [2.05, 4.69) is 20.8 Å². The Morgan fingerprint density at radius 1 is 0.727 bits per heavy atom. The molecule has 0 aromatic carbocycles. The Kier molecular flexibility index (Phi) is 11.3. The highest BCUT2D eigenvalue weighted by molar-refractivity contribution is 5.77. The number of aliphatic hydroxyl groups is 1. The first-order valence-electron chi connectivity index (χ1n) is 22.5. The van der Waals surface area contributed by atoms with E-state index in [1.807, 2.05) is 34.6 Å². The zero-order valence-corrected chi connectivity index (χ0v) is 35.2. The van der Waals surface area contributed by atoms with Crippen LogP contribution in [0.2, 0.25) is 0 Å². The predicted octanol–water partition coefficient (Wildman–Crippen LogP) is 8.76. The molecule has 10 atom stereocenters. The summed E-state index contributed by atoms with van der Waals surface area (Å²) in [6.45, 7) is 16.2. The lowest BCUT2D eigenvalue weighted by molar-refractivity contribution is -0.222. The van der Waals surface area contributed by atoms with E-state index in [4.69, 9.17) is 18.9 Å². The van der Waals surface area contributed by atoms with Crippen LogP contribution in [0.3, 0.4) is 0 Å². The molecule has 0 amide bonds. The second-order valence-electron chi connectivity index (χ2n) is 21.2. The lowest BCUT2D eigenvalue weighted by Gasteiger charge is -2.61. The molecule has 10 aliphatic carbocycles. The molecule has 1 heterocycles. The Balaban J connectivity index is 0.000000127. The van der Waals surface area contributed by atoms with Gasteiger partial charge in [-0.15, -0.1) is 0 Å². The van der Waals surface area contributed by atoms with Gasteiger partial charge in [0.05, 0.1) is 29.3 Å². The predicted molar refractivity (Wildman–Crippen MR) is 207 cm³/mol. The molecule has 1 N–H and O–H groups in total. The zero-order valence-electron chi connectivity index (χ0n) is 35.2. The van der Waals surface area contributed by atoms with Gasteiger partial charge in [-0.3, -0.25) is 19.2 Å². The SMILES string of the molecule is CCC(C)C(=O)OC(C)(C)C12CC3CC(CC(C3)C1)C2.CCC(C)C(=O)OC12CC3CC(CC(O)(C3)C1)C2.CCC(C)C(=O)OC1C2CC3C(=O)OC1C3C2. The lowest BCUT2D eigenvalue weighted by atomic mass is 9.46. The number of rotatable bonds is 10. The summed E-state index contributed by atoms with van der Waals surface area (Å²) >= 11 is 0. The van der Waals surface area contributed by atoms with Gasteiger partial charge in [0.2, 0.25) is 0 Å². The maximum Gasteiger partial charge on any atom is 0.309 e. The van der Waals surface area contributed by atoms with E-state index in [9.17, 15) is 24.3 Å². The molecule has 0 radical (unpaired) electrons. The summed E-state index contributed by atoms with van der Waals surface area (Å²) in [5.41, 5.74) is -0.895. The summed E-state index contributed by atoms with van der Waals surface area (Å²) in [5, 5.41) is 10.6. The van der Waals surface area contributed by atoms with Gasteiger partial charge in [0.1, 0.15) is 23.4 Å². The molecule has 10 bridgehead atoms. The van der Waals surface area contributed by atoms with Gasteiger partial charge in [-0.25, -0.2) is 0 Å². The van der Waals surface area contributed by atoms with Crippen molar-refractivity contribution in [3.8, 4) is 0 Å². The summed E-state index contributed by atoms with van der Waals surface area (Å²) in [7, 11) is 0. The monoisotopic (exact) mass is 769 g/mol. The van der Waals surface area contributed by atoms with E-state index < -0.39 is 5.60 Å². The van der Waals surface area contributed by atoms with Crippen LogP contribution in [0.4, 0.5) is 0 Å². The van der Waals surface area contributed by atoms with Crippen molar-refractivity contribution < 1.29 is 43.2 Å². The molecule has 1 saturated heterocycles. The van der Waals surface area contributed by atoms with Gasteiger partial charge in [0, 0.05) is 23.7 Å². The third-order valence-electron chi connectivity index (χ3n) is 16.7. The van der Waals surface area contributed by atoms with E-state index in [-0.39, 0.29) is 76.4 Å². The minimum absolute atomic E-state index is 0.00763. The third-order valence-corrected chi connectivity index (χ3v) is 16.7. The maximum absolute atomic E-state index is 12.3. The third kappa shape index (κ3) is 7.88. The molecule has 55 heavy (non-hydrogen) atoms. The molecule has 1 aliphatic heterocycles. The number of hydrogen-bond donors (Lipinski definition) is 1. The number of carbonyl (C=O) groups is 4. The standard InChI is InChI=1S/C18H30O2.C15H24O3.C13H18O4/c1-5-12(2)16(19)20-17(3,4)18-9-13-6-14(10-18)8-15(7-13)11-18;1-3-10(2)13(16)18-15-7-11-4-12(8-15)6-14(17,5-11)9-15;1-3-6(2)12(14)16-10-7-4-8-9(5-7)13(15)17-11(8)10/h12-15H,5-11H2,1-4H3;10-12,17H,3-9H2,1-2H3;6-11H,3-5H2,1-2H3. The summed E-state index contributed by atoms with van der Waals surface area (Å²) in [5.74, 6) is 4.25. The Hall–Kier alpha value is -2.16. The fraction of sp³-hybridized carbons (Fsp3) is 0.913. The zero-order chi connectivity index (χ0) is 39.7. The van der Waals surface area contributed by atoms with Crippen molar-refractivity contribution in [2.75, 3.05) is 0 Å². The van der Waals surface area contributed by atoms with Crippen LogP contribution in [0, 0.1) is 70.5 Å². The smallest absolute Gasteiger partial charge is 0.309 e. The summed E-state index contributed by atoms with van der Waals surface area (Å²) in [6, 6.07) is 0. The number of carbonyl (C=O) groups excluding carboxylic acids is 4. The molecule has 9 heteroatoms. The second kappa shape index (κ2) is 15.2. The van der Waals surface area contributed by atoms with Crippen LogP contribution >= 0.6 is 0 Å². The molecular formula is C46H72O9. The summed E-state index contributed by atoms with van der Waals surface area (Å²) in [6.07, 6.45) is 17.9. The number of ether oxygens (including phenoxy) is 4. The first kappa shape index (κ1) is 41.0. The van der Waals surface area contributed by atoms with E-state index in [0.29, 0.717) is 30.1 Å². The summed E-state index contributed by atoms with van der Waals surface area (Å²) < 4.78 is 22.8. The van der Waals surface area contributed by atoms with Gasteiger partial charge < -0.3 is 24.1 Å². The second-order valence-corrected chi connectivity index (χ2v) is 21.2. The van der Waals surface area contributed by atoms with Crippen molar-refractivity contribution in [3.05, 3.63) is 0 Å². The molecule has 11 aliphatic rings. The first-order chi connectivity index (χ1) is 25.9. The minimum Gasteiger partial charge on any atom is -0.459 e. The highest BCUT2D eigenvalue weighted by atomic mass is 16.6. The van der Waals surface area contributed by atoms with E-state index in [1.54, 1.807) is 0 Å². The van der Waals surface area contributed by atoms with Gasteiger partial charge in [0.25, 0.3) is 0 Å². The molecule has 11 rings (SSSR count). The lowest BCUT2D eigenvalue weighted by Crippen LogP contribution is -2.60. The van der Waals surface area contributed by atoms with Crippen molar-refractivity contribution in [2.24, 2.45) is 70.5 Å². The Morgan fingerprint density at radius 3 is 1.76 bits per heavy atom. The summed E-state index contributed by atoms with van der Waals surface area (Å²) in [4.78, 5) is 47.7. The normalized spacial score (nSPS) is 43.7.